The summed E-state index contributed by atoms with van der Waals surface area (Å²) < 4.78 is 4.88. The number of nitrogens with zero attached hydrogens (tertiary/aromatic N) is 3. The van der Waals surface area contributed by atoms with Crippen LogP contribution in [0.1, 0.15) is 6.42 Å². The molecule has 80 valence electrons. The summed E-state index contributed by atoms with van der Waals surface area (Å²) in [5, 5.41) is 7.69. The van der Waals surface area contributed by atoms with E-state index in [1.807, 2.05) is 0 Å². The van der Waals surface area contributed by atoms with Crippen molar-refractivity contribution in [3.8, 4) is 5.88 Å². The highest BCUT2D eigenvalue weighted by atomic mass is 16.5. The molecule has 1 aromatic rings. The molecule has 2 heterocycles. The molecular weight excluding hydrogens is 196 g/mol. The van der Waals surface area contributed by atoms with E-state index in [4.69, 9.17) is 10.5 Å². The number of rotatable bonds is 2. The van der Waals surface area contributed by atoms with Crippen molar-refractivity contribution in [2.75, 3.05) is 18.6 Å². The van der Waals surface area contributed by atoms with E-state index < -0.39 is 0 Å². The Hall–Kier alpha value is -1.69. The molecule has 1 aromatic heterocycles. The van der Waals surface area contributed by atoms with Crippen molar-refractivity contribution in [2.45, 2.75) is 12.5 Å². The molecule has 0 radical (unpaired) electrons. The summed E-state index contributed by atoms with van der Waals surface area (Å²) in [5.41, 5.74) is 5.67. The minimum Gasteiger partial charge on any atom is -0.480 e. The number of aromatic nitrogens is 2. The second-order valence-corrected chi connectivity index (χ2v) is 3.40. The minimum atomic E-state index is -0.110. The molecular formula is C9H12N4O2. The highest BCUT2D eigenvalue weighted by Crippen LogP contribution is 2.18. The Labute approximate surface area is 87.0 Å². The van der Waals surface area contributed by atoms with Crippen LogP contribution < -0.4 is 15.4 Å². The van der Waals surface area contributed by atoms with Crippen molar-refractivity contribution in [2.24, 2.45) is 5.73 Å². The number of hydrogen-bond donors (Lipinski definition) is 1. The molecule has 1 amide bonds. The van der Waals surface area contributed by atoms with Crippen molar-refractivity contribution in [1.29, 1.82) is 0 Å². The van der Waals surface area contributed by atoms with Gasteiger partial charge in [-0.25, -0.2) is 0 Å². The van der Waals surface area contributed by atoms with Crippen LogP contribution in [0.3, 0.4) is 0 Å². The van der Waals surface area contributed by atoms with Gasteiger partial charge in [0.15, 0.2) is 5.82 Å². The van der Waals surface area contributed by atoms with Crippen molar-refractivity contribution in [3.05, 3.63) is 12.1 Å². The van der Waals surface area contributed by atoms with Crippen molar-refractivity contribution >= 4 is 11.7 Å². The predicted molar refractivity (Wildman–Crippen MR) is 53.5 cm³/mol. The van der Waals surface area contributed by atoms with Gasteiger partial charge in [-0.2, -0.15) is 0 Å². The maximum Gasteiger partial charge on any atom is 0.233 e. The lowest BCUT2D eigenvalue weighted by Crippen LogP contribution is -2.28. The maximum absolute atomic E-state index is 11.5. The average molecular weight is 208 g/mol. The van der Waals surface area contributed by atoms with E-state index in [2.05, 4.69) is 10.2 Å². The molecule has 2 N–H and O–H groups in total. The third kappa shape index (κ3) is 1.89. The van der Waals surface area contributed by atoms with Gasteiger partial charge in [0.2, 0.25) is 11.8 Å². The van der Waals surface area contributed by atoms with Crippen molar-refractivity contribution in [3.63, 3.8) is 0 Å². The zero-order valence-electron chi connectivity index (χ0n) is 8.38. The van der Waals surface area contributed by atoms with Gasteiger partial charge < -0.3 is 10.5 Å². The highest BCUT2D eigenvalue weighted by molar-refractivity contribution is 5.95. The molecule has 1 saturated heterocycles. The average Bonchev–Trinajstić information content (AvgIpc) is 2.58. The van der Waals surface area contributed by atoms with Gasteiger partial charge in [-0.1, -0.05) is 0 Å². The lowest BCUT2D eigenvalue weighted by atomic mass is 10.3. The summed E-state index contributed by atoms with van der Waals surface area (Å²) in [7, 11) is 1.51. The Kier molecular flexibility index (Phi) is 2.51. The minimum absolute atomic E-state index is 0.0121. The normalized spacial score (nSPS) is 20.8. The Morgan fingerprint density at radius 1 is 1.53 bits per heavy atom. The Balaban J connectivity index is 2.19. The van der Waals surface area contributed by atoms with E-state index in [9.17, 15) is 4.79 Å². The van der Waals surface area contributed by atoms with E-state index in [1.54, 1.807) is 12.1 Å². The fraction of sp³-hybridized carbons (Fsp3) is 0.444. The first kappa shape index (κ1) is 9.85. The number of amides is 1. The summed E-state index contributed by atoms with van der Waals surface area (Å²) in [6.45, 7) is 0.500. The topological polar surface area (TPSA) is 81.3 Å². The molecule has 1 atom stereocenters. The van der Waals surface area contributed by atoms with Gasteiger partial charge in [0, 0.05) is 25.1 Å². The molecule has 1 unspecified atom stereocenters. The highest BCUT2D eigenvalue weighted by Gasteiger charge is 2.29. The van der Waals surface area contributed by atoms with Crippen LogP contribution in [0.25, 0.3) is 0 Å². The van der Waals surface area contributed by atoms with Gasteiger partial charge in [0.25, 0.3) is 0 Å². The Bertz CT molecular complexity index is 365. The lowest BCUT2D eigenvalue weighted by Gasteiger charge is -2.13. The van der Waals surface area contributed by atoms with E-state index in [1.165, 1.54) is 12.0 Å². The van der Waals surface area contributed by atoms with Gasteiger partial charge in [-0.15, -0.1) is 10.2 Å². The zero-order valence-corrected chi connectivity index (χ0v) is 8.38. The van der Waals surface area contributed by atoms with Crippen LogP contribution in [-0.4, -0.2) is 35.8 Å². The first-order valence-electron chi connectivity index (χ1n) is 4.64. The summed E-state index contributed by atoms with van der Waals surface area (Å²) in [5.74, 6) is 0.936. The number of nitrogens with two attached hydrogens (primary N) is 1. The molecule has 0 saturated carbocycles. The van der Waals surface area contributed by atoms with Crippen molar-refractivity contribution in [1.82, 2.24) is 10.2 Å². The maximum atomic E-state index is 11.5. The van der Waals surface area contributed by atoms with Gasteiger partial charge in [-0.05, 0) is 6.07 Å². The van der Waals surface area contributed by atoms with Crippen LogP contribution in [0.5, 0.6) is 5.88 Å². The number of ether oxygens (including phenoxy) is 1. The first-order valence-corrected chi connectivity index (χ1v) is 4.64. The molecule has 0 aliphatic carbocycles. The second kappa shape index (κ2) is 3.82. The number of anilines is 1. The number of carbonyl (C=O) groups excluding carboxylic acids is 1. The quantitative estimate of drug-likeness (QED) is 0.711. The second-order valence-electron chi connectivity index (χ2n) is 3.40. The van der Waals surface area contributed by atoms with Gasteiger partial charge in [-0.3, -0.25) is 9.69 Å². The number of methoxy groups -OCH3 is 1. The summed E-state index contributed by atoms with van der Waals surface area (Å²) in [6.07, 6.45) is 0.369. The molecule has 0 aromatic carbocycles. The molecule has 0 spiro atoms. The molecule has 6 nitrogen and oxygen atoms in total. The third-order valence-corrected chi connectivity index (χ3v) is 2.27. The van der Waals surface area contributed by atoms with Crippen LogP contribution in [0.2, 0.25) is 0 Å². The van der Waals surface area contributed by atoms with Gasteiger partial charge >= 0.3 is 0 Å². The molecule has 15 heavy (non-hydrogen) atoms. The third-order valence-electron chi connectivity index (χ3n) is 2.27. The predicted octanol–water partition coefficient (Wildman–Crippen LogP) is -0.451. The van der Waals surface area contributed by atoms with Crippen LogP contribution in [0, 0.1) is 0 Å². The van der Waals surface area contributed by atoms with Crippen LogP contribution in [-0.2, 0) is 4.79 Å². The zero-order chi connectivity index (χ0) is 10.8. The Morgan fingerprint density at radius 2 is 2.33 bits per heavy atom. The summed E-state index contributed by atoms with van der Waals surface area (Å²) in [4.78, 5) is 13.0. The molecule has 6 heteroatoms. The van der Waals surface area contributed by atoms with Crippen LogP contribution in [0.4, 0.5) is 5.82 Å². The van der Waals surface area contributed by atoms with Crippen LogP contribution >= 0.6 is 0 Å². The molecule has 2 rings (SSSR count). The van der Waals surface area contributed by atoms with Crippen LogP contribution in [0.15, 0.2) is 12.1 Å². The van der Waals surface area contributed by atoms with Crippen molar-refractivity contribution < 1.29 is 9.53 Å². The van der Waals surface area contributed by atoms with Gasteiger partial charge in [0.05, 0.1) is 7.11 Å². The lowest BCUT2D eigenvalue weighted by molar-refractivity contribution is -0.117. The van der Waals surface area contributed by atoms with Gasteiger partial charge in [0.1, 0.15) is 0 Å². The smallest absolute Gasteiger partial charge is 0.233 e. The molecule has 0 bridgehead atoms. The largest absolute Gasteiger partial charge is 0.480 e. The number of hydrogen-bond acceptors (Lipinski definition) is 5. The molecule has 1 fully saturated rings. The fourth-order valence-electron chi connectivity index (χ4n) is 1.52. The first-order chi connectivity index (χ1) is 7.20. The fourth-order valence-corrected chi connectivity index (χ4v) is 1.52. The molecule has 1 aliphatic rings. The standard InChI is InChI=1S/C9H12N4O2/c1-15-8-3-2-7(11-12-8)13-5-6(10)4-9(13)14/h2-3,6H,4-5,10H2,1H3. The van der Waals surface area contributed by atoms with E-state index in [0.717, 1.165) is 0 Å². The van der Waals surface area contributed by atoms with E-state index in [0.29, 0.717) is 24.7 Å². The Morgan fingerprint density at radius 3 is 2.80 bits per heavy atom. The SMILES string of the molecule is COc1ccc(N2CC(N)CC2=O)nn1. The monoisotopic (exact) mass is 208 g/mol. The molecule has 1 aliphatic heterocycles. The van der Waals surface area contributed by atoms with E-state index in [-0.39, 0.29) is 11.9 Å². The summed E-state index contributed by atoms with van der Waals surface area (Å²) in [6, 6.07) is 3.25. The van der Waals surface area contributed by atoms with E-state index >= 15 is 0 Å². The summed E-state index contributed by atoms with van der Waals surface area (Å²) >= 11 is 0. The number of carbonyl (C=O) groups is 1.